The topological polar surface area (TPSA) is 99.2 Å². The van der Waals surface area contributed by atoms with E-state index in [4.69, 9.17) is 11.6 Å². The maximum atomic E-state index is 13.0. The molecule has 0 aromatic heterocycles. The van der Waals surface area contributed by atoms with Crippen LogP contribution in [-0.2, 0) is 14.8 Å². The predicted octanol–water partition coefficient (Wildman–Crippen LogP) is 2.80. The summed E-state index contributed by atoms with van der Waals surface area (Å²) in [6.07, 6.45) is 4.46. The van der Waals surface area contributed by atoms with Gasteiger partial charge in [0, 0.05) is 54.7 Å². The van der Waals surface area contributed by atoms with Gasteiger partial charge in [0.15, 0.2) is 0 Å². The molecule has 1 fully saturated rings. The van der Waals surface area contributed by atoms with Gasteiger partial charge in [0.2, 0.25) is 10.0 Å². The molecule has 1 N–H and O–H groups in total. The average molecular weight is 495 g/mol. The van der Waals surface area contributed by atoms with Crippen LogP contribution in [0.3, 0.4) is 0 Å². The SMILES string of the molecule is CC1=CC(C)=NC(=O)C1CNC(=O)c1cc(Cl)cc(N(C)C2CCN(S(C)(=O)=O)CC2)c1C. The number of nitrogens with one attached hydrogen (secondary N) is 1. The molecular formula is C23H31ClN4O4S. The van der Waals surface area contributed by atoms with Gasteiger partial charge in [0.05, 0.1) is 12.2 Å². The minimum Gasteiger partial charge on any atom is -0.371 e. The molecule has 180 valence electrons. The summed E-state index contributed by atoms with van der Waals surface area (Å²) in [6.45, 7) is 6.59. The highest BCUT2D eigenvalue weighted by molar-refractivity contribution is 7.88. The molecule has 0 radical (unpaired) electrons. The van der Waals surface area contributed by atoms with E-state index < -0.39 is 15.9 Å². The van der Waals surface area contributed by atoms with Crippen molar-refractivity contribution in [1.82, 2.24) is 9.62 Å². The largest absolute Gasteiger partial charge is 0.371 e. The lowest BCUT2D eigenvalue weighted by atomic mass is 9.95. The van der Waals surface area contributed by atoms with E-state index in [0.29, 0.717) is 42.2 Å². The van der Waals surface area contributed by atoms with Gasteiger partial charge in [-0.15, -0.1) is 0 Å². The average Bonchev–Trinajstić information content (AvgIpc) is 2.73. The summed E-state index contributed by atoms with van der Waals surface area (Å²) in [5, 5.41) is 3.30. The van der Waals surface area contributed by atoms with Crippen molar-refractivity contribution in [2.75, 3.05) is 37.8 Å². The summed E-state index contributed by atoms with van der Waals surface area (Å²) in [4.78, 5) is 31.3. The molecule has 33 heavy (non-hydrogen) atoms. The Balaban J connectivity index is 1.73. The number of amides is 2. The number of nitrogens with zero attached hydrogens (tertiary/aromatic N) is 3. The summed E-state index contributed by atoms with van der Waals surface area (Å²) in [5.41, 5.74) is 3.59. The molecule has 1 unspecified atom stereocenters. The lowest BCUT2D eigenvalue weighted by Gasteiger charge is -2.37. The molecule has 0 spiro atoms. The summed E-state index contributed by atoms with van der Waals surface area (Å²) in [6, 6.07) is 3.58. The Morgan fingerprint density at radius 3 is 2.45 bits per heavy atom. The first kappa shape index (κ1) is 25.4. The van der Waals surface area contributed by atoms with Gasteiger partial charge < -0.3 is 10.2 Å². The minimum atomic E-state index is -3.19. The van der Waals surface area contributed by atoms with Gasteiger partial charge in [-0.05, 0) is 57.4 Å². The van der Waals surface area contributed by atoms with E-state index in [1.54, 1.807) is 13.0 Å². The van der Waals surface area contributed by atoms with Gasteiger partial charge >= 0.3 is 0 Å². The molecule has 2 aliphatic heterocycles. The van der Waals surface area contributed by atoms with Gasteiger partial charge in [-0.25, -0.2) is 17.7 Å². The van der Waals surface area contributed by atoms with Crippen molar-refractivity contribution in [3.8, 4) is 0 Å². The lowest BCUT2D eigenvalue weighted by molar-refractivity contribution is -0.120. The van der Waals surface area contributed by atoms with Crippen molar-refractivity contribution in [3.05, 3.63) is 39.9 Å². The Labute approximate surface area is 200 Å². The number of benzene rings is 1. The second kappa shape index (κ2) is 9.95. The van der Waals surface area contributed by atoms with E-state index >= 15 is 0 Å². The number of hydrogen-bond acceptors (Lipinski definition) is 5. The normalized spacial score (nSPS) is 20.3. The monoisotopic (exact) mass is 494 g/mol. The standard InChI is InChI=1S/C23H31ClN4O4S/c1-14-10-15(2)26-23(30)20(14)13-25-22(29)19-11-17(24)12-21(16(19)3)27(4)18-6-8-28(9-7-18)33(5,31)32/h10-12,18,20H,6-9,13H2,1-5H3,(H,25,29). The molecule has 1 saturated heterocycles. The van der Waals surface area contributed by atoms with Crippen LogP contribution in [0.4, 0.5) is 5.69 Å². The van der Waals surface area contributed by atoms with Crippen LogP contribution in [0.2, 0.25) is 5.02 Å². The first-order valence-corrected chi connectivity index (χ1v) is 13.1. The summed E-state index contributed by atoms with van der Waals surface area (Å²) in [7, 11) is -1.25. The highest BCUT2D eigenvalue weighted by atomic mass is 35.5. The molecule has 3 rings (SSSR count). The number of hydrogen-bond donors (Lipinski definition) is 1. The highest BCUT2D eigenvalue weighted by Gasteiger charge is 2.29. The fraction of sp³-hybridized carbons (Fsp3) is 0.522. The molecular weight excluding hydrogens is 464 g/mol. The fourth-order valence-electron chi connectivity index (χ4n) is 4.47. The number of anilines is 1. The molecule has 2 aliphatic rings. The molecule has 0 saturated carbocycles. The molecule has 8 nitrogen and oxygen atoms in total. The maximum absolute atomic E-state index is 13.0. The molecule has 2 amide bonds. The molecule has 10 heteroatoms. The number of dihydropyridines is 1. The zero-order valence-corrected chi connectivity index (χ0v) is 21.3. The third kappa shape index (κ3) is 5.83. The van der Waals surface area contributed by atoms with Crippen molar-refractivity contribution in [2.45, 2.75) is 39.7 Å². The van der Waals surface area contributed by atoms with E-state index in [-0.39, 0.29) is 24.4 Å². The Bertz CT molecular complexity index is 1120. The number of allylic oxidation sites excluding steroid dienone is 1. The molecule has 1 atom stereocenters. The van der Waals surface area contributed by atoms with E-state index in [1.165, 1.54) is 10.6 Å². The third-order valence-corrected chi connectivity index (χ3v) is 7.97. The second-order valence-corrected chi connectivity index (χ2v) is 11.3. The van der Waals surface area contributed by atoms with Gasteiger partial charge in [-0.2, -0.15) is 0 Å². The lowest BCUT2D eigenvalue weighted by Crippen LogP contribution is -2.45. The van der Waals surface area contributed by atoms with Gasteiger partial charge in [-0.1, -0.05) is 17.2 Å². The number of piperidine rings is 1. The van der Waals surface area contributed by atoms with Crippen molar-refractivity contribution in [2.24, 2.45) is 10.9 Å². The third-order valence-electron chi connectivity index (χ3n) is 6.45. The smallest absolute Gasteiger partial charge is 0.254 e. The van der Waals surface area contributed by atoms with Gasteiger partial charge in [0.1, 0.15) is 0 Å². The summed E-state index contributed by atoms with van der Waals surface area (Å²) < 4.78 is 25.1. The van der Waals surface area contributed by atoms with Crippen LogP contribution in [-0.4, -0.2) is 69.2 Å². The fourth-order valence-corrected chi connectivity index (χ4v) is 5.56. The maximum Gasteiger partial charge on any atom is 0.254 e. The Morgan fingerprint density at radius 1 is 1.24 bits per heavy atom. The number of carbonyl (C=O) groups excluding carboxylic acids is 2. The molecule has 2 heterocycles. The van der Waals surface area contributed by atoms with Gasteiger partial charge in [-0.3, -0.25) is 9.59 Å². The van der Waals surface area contributed by atoms with Crippen LogP contribution in [0.15, 0.2) is 28.8 Å². The van der Waals surface area contributed by atoms with Crippen molar-refractivity contribution in [1.29, 1.82) is 0 Å². The second-order valence-electron chi connectivity index (χ2n) is 8.84. The number of aliphatic imine (C=N–C) groups is 1. The van der Waals surface area contributed by atoms with Crippen LogP contribution >= 0.6 is 11.6 Å². The molecule has 0 aliphatic carbocycles. The van der Waals surface area contributed by atoms with Crippen molar-refractivity contribution < 1.29 is 18.0 Å². The zero-order valence-electron chi connectivity index (χ0n) is 19.7. The van der Waals surface area contributed by atoms with Crippen LogP contribution in [0, 0.1) is 12.8 Å². The number of halogens is 1. The van der Waals surface area contributed by atoms with Crippen LogP contribution in [0.1, 0.15) is 42.6 Å². The van der Waals surface area contributed by atoms with Crippen LogP contribution in [0.5, 0.6) is 0 Å². The van der Waals surface area contributed by atoms with E-state index in [9.17, 15) is 18.0 Å². The first-order valence-electron chi connectivity index (χ1n) is 10.9. The summed E-state index contributed by atoms with van der Waals surface area (Å²) >= 11 is 6.37. The van der Waals surface area contributed by atoms with Crippen molar-refractivity contribution in [3.63, 3.8) is 0 Å². The molecule has 0 bridgehead atoms. The molecule has 1 aromatic rings. The minimum absolute atomic E-state index is 0.129. The van der Waals surface area contributed by atoms with E-state index in [2.05, 4.69) is 15.2 Å². The Hall–Kier alpha value is -2.23. The number of rotatable bonds is 6. The van der Waals surface area contributed by atoms with Crippen molar-refractivity contribution >= 4 is 44.8 Å². The number of sulfonamides is 1. The Morgan fingerprint density at radius 2 is 1.88 bits per heavy atom. The van der Waals surface area contributed by atoms with E-state index in [0.717, 1.165) is 16.8 Å². The zero-order chi connectivity index (χ0) is 24.5. The number of carbonyl (C=O) groups is 2. The summed E-state index contributed by atoms with van der Waals surface area (Å²) in [5.74, 6) is -1.03. The van der Waals surface area contributed by atoms with Gasteiger partial charge in [0.25, 0.3) is 11.8 Å². The quantitative estimate of drug-likeness (QED) is 0.655. The van der Waals surface area contributed by atoms with Crippen LogP contribution < -0.4 is 10.2 Å². The highest BCUT2D eigenvalue weighted by Crippen LogP contribution is 2.31. The van der Waals surface area contributed by atoms with Crippen LogP contribution in [0.25, 0.3) is 0 Å². The Kier molecular flexibility index (Phi) is 7.65. The van der Waals surface area contributed by atoms with E-state index in [1.807, 2.05) is 33.0 Å². The molecule has 1 aromatic carbocycles. The predicted molar refractivity (Wildman–Crippen MR) is 132 cm³/mol. The first-order chi connectivity index (χ1) is 15.4.